The van der Waals surface area contributed by atoms with Gasteiger partial charge < -0.3 is 9.47 Å². The number of carbonyl (C=O) groups is 2. The van der Waals surface area contributed by atoms with E-state index >= 15 is 0 Å². The molecule has 4 nitrogen and oxygen atoms in total. The molecular formula is C20H15F7O4. The molecule has 0 bridgehead atoms. The number of hydrogen-bond acceptors (Lipinski definition) is 4. The summed E-state index contributed by atoms with van der Waals surface area (Å²) in [6.07, 6.45) is 0.554. The molecule has 168 valence electrons. The number of ether oxygens (including phenoxy) is 2. The van der Waals surface area contributed by atoms with Crippen molar-refractivity contribution in [2.45, 2.75) is 38.5 Å². The van der Waals surface area contributed by atoms with Crippen molar-refractivity contribution in [3.05, 3.63) is 58.9 Å². The maximum Gasteiger partial charge on any atom is 0.311 e. The van der Waals surface area contributed by atoms with Gasteiger partial charge >= 0.3 is 11.9 Å². The van der Waals surface area contributed by atoms with Gasteiger partial charge in [0.1, 0.15) is 0 Å². The third-order valence-corrected chi connectivity index (χ3v) is 4.03. The molecule has 0 N–H and O–H groups in total. The molecule has 0 saturated heterocycles. The number of hydrogen-bond donors (Lipinski definition) is 0. The molecule has 0 unspecified atom stereocenters. The van der Waals surface area contributed by atoms with Gasteiger partial charge in [0.25, 0.3) is 0 Å². The maximum absolute atomic E-state index is 13.4. The zero-order chi connectivity index (χ0) is 23.1. The minimum Gasteiger partial charge on any atom is -0.420 e. The summed E-state index contributed by atoms with van der Waals surface area (Å²) in [6.45, 7) is 0. The molecule has 2 aromatic carbocycles. The molecule has 0 fully saturated rings. The molecule has 0 heterocycles. The van der Waals surface area contributed by atoms with E-state index in [9.17, 15) is 40.3 Å². The monoisotopic (exact) mass is 452 g/mol. The summed E-state index contributed by atoms with van der Waals surface area (Å²) >= 11 is 0. The first-order valence-corrected chi connectivity index (χ1v) is 9.00. The van der Waals surface area contributed by atoms with Crippen LogP contribution in [0.2, 0.25) is 0 Å². The summed E-state index contributed by atoms with van der Waals surface area (Å²) < 4.78 is 102. The molecule has 0 amide bonds. The summed E-state index contributed by atoms with van der Waals surface area (Å²) in [5, 5.41) is 0. The van der Waals surface area contributed by atoms with Crippen LogP contribution in [-0.4, -0.2) is 11.9 Å². The number of para-hydroxylation sites is 1. The minimum absolute atomic E-state index is 0.130. The van der Waals surface area contributed by atoms with Gasteiger partial charge in [0.15, 0.2) is 11.6 Å². The summed E-state index contributed by atoms with van der Waals surface area (Å²) in [7, 11) is 0. The van der Waals surface area contributed by atoms with Gasteiger partial charge in [-0.05, 0) is 25.0 Å². The van der Waals surface area contributed by atoms with Crippen molar-refractivity contribution < 1.29 is 49.8 Å². The molecule has 2 aromatic rings. The molecule has 0 atom stereocenters. The van der Waals surface area contributed by atoms with Gasteiger partial charge in [-0.3, -0.25) is 9.59 Å². The molecule has 0 aromatic heterocycles. The Hall–Kier alpha value is -3.11. The van der Waals surface area contributed by atoms with Gasteiger partial charge in [-0.2, -0.15) is 8.78 Å². The highest BCUT2D eigenvalue weighted by atomic mass is 19.2. The van der Waals surface area contributed by atoms with Gasteiger partial charge in [0.2, 0.25) is 40.6 Å². The van der Waals surface area contributed by atoms with E-state index in [0.717, 1.165) is 18.2 Å². The van der Waals surface area contributed by atoms with Crippen LogP contribution < -0.4 is 9.47 Å². The predicted octanol–water partition coefficient (Wildman–Crippen LogP) is 5.51. The fourth-order valence-corrected chi connectivity index (χ4v) is 2.48. The lowest BCUT2D eigenvalue weighted by atomic mass is 10.1. The summed E-state index contributed by atoms with van der Waals surface area (Å²) in [4.78, 5) is 23.2. The van der Waals surface area contributed by atoms with Crippen LogP contribution in [0.4, 0.5) is 30.7 Å². The smallest absolute Gasteiger partial charge is 0.311 e. The topological polar surface area (TPSA) is 52.6 Å². The normalized spacial score (nSPS) is 10.8. The van der Waals surface area contributed by atoms with Crippen LogP contribution in [0, 0.1) is 40.7 Å². The van der Waals surface area contributed by atoms with Crippen LogP contribution in [0.15, 0.2) is 18.2 Å². The minimum atomic E-state index is -2.37. The highest BCUT2D eigenvalue weighted by Gasteiger charge is 2.28. The first-order chi connectivity index (χ1) is 14.6. The van der Waals surface area contributed by atoms with E-state index in [1.54, 1.807) is 0 Å². The van der Waals surface area contributed by atoms with Gasteiger partial charge in [-0.25, -0.2) is 22.0 Å². The molecule has 0 radical (unpaired) electrons. The van der Waals surface area contributed by atoms with Crippen LogP contribution >= 0.6 is 0 Å². The molecular weight excluding hydrogens is 437 g/mol. The van der Waals surface area contributed by atoms with E-state index in [-0.39, 0.29) is 25.7 Å². The van der Waals surface area contributed by atoms with Crippen LogP contribution in [0.5, 0.6) is 11.5 Å². The Morgan fingerprint density at radius 3 is 1.42 bits per heavy atom. The second-order valence-corrected chi connectivity index (χ2v) is 6.31. The van der Waals surface area contributed by atoms with Crippen LogP contribution in [0.25, 0.3) is 0 Å². The lowest BCUT2D eigenvalue weighted by Crippen LogP contribution is -2.13. The van der Waals surface area contributed by atoms with E-state index in [1.165, 1.54) is 0 Å². The first kappa shape index (κ1) is 24.2. The third kappa shape index (κ3) is 6.19. The number of unbranched alkanes of at least 4 members (excludes halogenated alkanes) is 3. The number of carbonyl (C=O) groups excluding carboxylic acids is 2. The molecule has 0 spiro atoms. The Balaban J connectivity index is 1.72. The van der Waals surface area contributed by atoms with Gasteiger partial charge in [-0.1, -0.05) is 18.9 Å². The molecule has 0 aliphatic heterocycles. The second kappa shape index (κ2) is 10.8. The maximum atomic E-state index is 13.4. The van der Waals surface area contributed by atoms with E-state index in [0.29, 0.717) is 12.8 Å². The fraction of sp³-hybridized carbons (Fsp3) is 0.300. The number of halogens is 7. The van der Waals surface area contributed by atoms with Crippen molar-refractivity contribution >= 4 is 11.9 Å². The van der Waals surface area contributed by atoms with Gasteiger partial charge in [-0.15, -0.1) is 0 Å². The van der Waals surface area contributed by atoms with Crippen molar-refractivity contribution in [1.29, 1.82) is 0 Å². The molecule has 2 rings (SSSR count). The second-order valence-electron chi connectivity index (χ2n) is 6.31. The number of rotatable bonds is 9. The predicted molar refractivity (Wildman–Crippen MR) is 91.6 cm³/mol. The van der Waals surface area contributed by atoms with Crippen LogP contribution in [0.1, 0.15) is 38.5 Å². The summed E-state index contributed by atoms with van der Waals surface area (Å²) in [5.74, 6) is -18.0. The van der Waals surface area contributed by atoms with Crippen LogP contribution in [0.3, 0.4) is 0 Å². The van der Waals surface area contributed by atoms with E-state index in [4.69, 9.17) is 0 Å². The van der Waals surface area contributed by atoms with Crippen molar-refractivity contribution in [3.63, 3.8) is 0 Å². The Morgan fingerprint density at radius 2 is 0.968 bits per heavy atom. The zero-order valence-electron chi connectivity index (χ0n) is 15.8. The average molecular weight is 452 g/mol. The zero-order valence-corrected chi connectivity index (χ0v) is 15.8. The lowest BCUT2D eigenvalue weighted by molar-refractivity contribution is -0.136. The third-order valence-electron chi connectivity index (χ3n) is 4.03. The average Bonchev–Trinajstić information content (AvgIpc) is 2.73. The Kier molecular flexibility index (Phi) is 8.40. The molecule has 31 heavy (non-hydrogen) atoms. The summed E-state index contributed by atoms with van der Waals surface area (Å²) in [5.41, 5.74) is 0. The Bertz CT molecular complexity index is 929. The fourth-order valence-electron chi connectivity index (χ4n) is 2.48. The van der Waals surface area contributed by atoms with Crippen LogP contribution in [-0.2, 0) is 9.59 Å². The largest absolute Gasteiger partial charge is 0.420 e. The highest BCUT2D eigenvalue weighted by molar-refractivity contribution is 5.73. The van der Waals surface area contributed by atoms with Crippen molar-refractivity contribution in [2.24, 2.45) is 0 Å². The highest BCUT2D eigenvalue weighted by Crippen LogP contribution is 2.29. The Labute approximate surface area is 171 Å². The van der Waals surface area contributed by atoms with Gasteiger partial charge in [0, 0.05) is 12.8 Å². The van der Waals surface area contributed by atoms with Crippen molar-refractivity contribution in [3.8, 4) is 11.5 Å². The van der Waals surface area contributed by atoms with Gasteiger partial charge in [0.05, 0.1) is 0 Å². The number of esters is 2. The SMILES string of the molecule is O=C(CCCCCCC(=O)Oc1c(F)c(F)c(F)c(F)c1F)Oc1c(F)cccc1F. The van der Waals surface area contributed by atoms with E-state index < -0.39 is 64.2 Å². The molecule has 0 aliphatic rings. The van der Waals surface area contributed by atoms with Crippen molar-refractivity contribution in [2.75, 3.05) is 0 Å². The molecule has 0 saturated carbocycles. The molecule has 11 heteroatoms. The standard InChI is InChI=1S/C20H15F7O4/c21-10-6-5-7-11(22)19(10)30-12(28)8-3-1-2-4-9-13(29)31-20-17(26)15(24)14(23)16(25)18(20)27/h5-7H,1-4,8-9H2. The summed E-state index contributed by atoms with van der Waals surface area (Å²) in [6, 6.07) is 2.97. The number of benzene rings is 2. The van der Waals surface area contributed by atoms with Crippen molar-refractivity contribution in [1.82, 2.24) is 0 Å². The quantitative estimate of drug-likeness (QED) is 0.126. The molecule has 0 aliphatic carbocycles. The Morgan fingerprint density at radius 1 is 0.581 bits per heavy atom. The van der Waals surface area contributed by atoms with E-state index in [2.05, 4.69) is 9.47 Å². The van der Waals surface area contributed by atoms with E-state index in [1.807, 2.05) is 0 Å². The lowest BCUT2D eigenvalue weighted by Gasteiger charge is -2.09. The first-order valence-electron chi connectivity index (χ1n) is 9.00.